The third-order valence-corrected chi connectivity index (χ3v) is 4.65. The minimum atomic E-state index is -4.84. The van der Waals surface area contributed by atoms with Crippen LogP contribution in [-0.4, -0.2) is 33.2 Å². The van der Waals surface area contributed by atoms with Crippen molar-refractivity contribution in [2.45, 2.75) is 6.18 Å². The molecule has 0 N–H and O–H groups in total. The van der Waals surface area contributed by atoms with Crippen LogP contribution in [0.25, 0.3) is 15.8 Å². The second-order valence-electron chi connectivity index (χ2n) is 5.58. The molecule has 0 atom stereocenters. The first-order chi connectivity index (χ1) is 13.1. The Bertz CT molecular complexity index is 1180. The predicted molar refractivity (Wildman–Crippen MR) is 93.0 cm³/mol. The maximum Gasteiger partial charge on any atom is 0.431 e. The van der Waals surface area contributed by atoms with Crippen molar-refractivity contribution in [1.29, 1.82) is 0 Å². The topological polar surface area (TPSA) is 92.4 Å². The molecule has 0 radical (unpaired) electrons. The van der Waals surface area contributed by atoms with Gasteiger partial charge in [0.25, 0.3) is 5.56 Å². The molecule has 28 heavy (non-hydrogen) atoms. The van der Waals surface area contributed by atoms with Crippen molar-refractivity contribution in [3.8, 4) is 11.6 Å². The summed E-state index contributed by atoms with van der Waals surface area (Å²) in [5.41, 5.74) is -3.59. The Morgan fingerprint density at radius 1 is 1.25 bits per heavy atom. The number of carbonyl (C=O) groups is 1. The number of hydrogen-bond donors (Lipinski definition) is 0. The van der Waals surface area contributed by atoms with E-state index in [1.165, 1.54) is 25.3 Å². The van der Waals surface area contributed by atoms with Crippen LogP contribution in [0.2, 0.25) is 0 Å². The number of esters is 1. The predicted octanol–water partition coefficient (Wildman–Crippen LogP) is 1.72. The Labute approximate surface area is 158 Å². The second-order valence-corrected chi connectivity index (χ2v) is 6.38. The zero-order valence-corrected chi connectivity index (χ0v) is 15.3. The summed E-state index contributed by atoms with van der Waals surface area (Å²) in [7, 11) is 2.12. The minimum Gasteiger partial charge on any atom is -0.466 e. The van der Waals surface area contributed by atoms with E-state index in [0.29, 0.717) is 25.3 Å². The van der Waals surface area contributed by atoms with E-state index in [0.717, 1.165) is 18.6 Å². The standard InChI is InChI=1S/C16H12F3N3O5S/c1-21-11(16(17,18)19)6-12(23)22(15(21)25)8-3-4-10-9(5-8)14(20-28-10)27-7-13(24)26-2/h3-6H,7H2,1-2H3. The molecule has 3 rings (SSSR count). The van der Waals surface area contributed by atoms with Crippen LogP contribution in [0.3, 0.4) is 0 Å². The van der Waals surface area contributed by atoms with Crippen LogP contribution in [0.4, 0.5) is 13.2 Å². The molecule has 0 unspecified atom stereocenters. The number of fused-ring (bicyclic) bond motifs is 1. The maximum absolute atomic E-state index is 13.0. The summed E-state index contributed by atoms with van der Waals surface area (Å²) < 4.78 is 54.3. The number of benzene rings is 1. The number of aromatic nitrogens is 3. The van der Waals surface area contributed by atoms with Crippen molar-refractivity contribution in [2.75, 3.05) is 13.7 Å². The van der Waals surface area contributed by atoms with Crippen LogP contribution >= 0.6 is 11.5 Å². The average Bonchev–Trinajstić information content (AvgIpc) is 3.04. The number of ether oxygens (including phenoxy) is 2. The molecule has 148 valence electrons. The van der Waals surface area contributed by atoms with Crippen LogP contribution in [0.5, 0.6) is 5.88 Å². The highest BCUT2D eigenvalue weighted by Crippen LogP contribution is 2.30. The fourth-order valence-corrected chi connectivity index (χ4v) is 3.18. The van der Waals surface area contributed by atoms with Gasteiger partial charge in [-0.15, -0.1) is 0 Å². The van der Waals surface area contributed by atoms with Gasteiger partial charge in [0.05, 0.1) is 22.9 Å². The first kappa shape index (κ1) is 19.6. The van der Waals surface area contributed by atoms with E-state index in [4.69, 9.17) is 4.74 Å². The van der Waals surface area contributed by atoms with Crippen LogP contribution in [0, 0.1) is 0 Å². The first-order valence-corrected chi connectivity index (χ1v) is 8.40. The van der Waals surface area contributed by atoms with Gasteiger partial charge in [-0.3, -0.25) is 9.36 Å². The number of alkyl halides is 3. The lowest BCUT2D eigenvalue weighted by molar-refractivity contribution is -0.144. The van der Waals surface area contributed by atoms with Crippen molar-refractivity contribution in [3.63, 3.8) is 0 Å². The van der Waals surface area contributed by atoms with Gasteiger partial charge in [0.2, 0.25) is 5.88 Å². The van der Waals surface area contributed by atoms with Gasteiger partial charge >= 0.3 is 17.8 Å². The zero-order valence-electron chi connectivity index (χ0n) is 14.4. The Hall–Kier alpha value is -3.15. The van der Waals surface area contributed by atoms with Crippen LogP contribution in [0.1, 0.15) is 5.69 Å². The van der Waals surface area contributed by atoms with E-state index in [1.54, 1.807) is 0 Å². The summed E-state index contributed by atoms with van der Waals surface area (Å²) >= 11 is 1.05. The van der Waals surface area contributed by atoms with Crippen LogP contribution < -0.4 is 16.0 Å². The van der Waals surface area contributed by atoms with Gasteiger partial charge in [-0.25, -0.2) is 14.2 Å². The molecule has 0 aliphatic rings. The number of hydrogen-bond acceptors (Lipinski definition) is 7. The molecule has 0 amide bonds. The van der Waals surface area contributed by atoms with E-state index in [1.807, 2.05) is 0 Å². The summed E-state index contributed by atoms with van der Waals surface area (Å²) in [5, 5.41) is 0.389. The molecule has 8 nitrogen and oxygen atoms in total. The minimum absolute atomic E-state index is 0.0370. The second kappa shape index (κ2) is 7.11. The summed E-state index contributed by atoms with van der Waals surface area (Å²) in [6.07, 6.45) is -4.84. The summed E-state index contributed by atoms with van der Waals surface area (Å²) in [5.74, 6) is -0.561. The molecule has 0 bridgehead atoms. The summed E-state index contributed by atoms with van der Waals surface area (Å²) in [6, 6.07) is 4.67. The molecule has 0 aliphatic heterocycles. The van der Waals surface area contributed by atoms with Crippen molar-refractivity contribution >= 4 is 27.6 Å². The Kier molecular flexibility index (Phi) is 4.98. The lowest BCUT2D eigenvalue weighted by Gasteiger charge is -2.14. The molecule has 12 heteroatoms. The number of methoxy groups -OCH3 is 1. The first-order valence-electron chi connectivity index (χ1n) is 7.63. The molecule has 0 aliphatic carbocycles. The van der Waals surface area contributed by atoms with Gasteiger partial charge in [-0.05, 0) is 29.7 Å². The molecule has 1 aromatic carbocycles. The molecule has 2 aromatic heterocycles. The van der Waals surface area contributed by atoms with E-state index in [9.17, 15) is 27.6 Å². The van der Waals surface area contributed by atoms with Crippen LogP contribution in [0.15, 0.2) is 33.9 Å². The highest BCUT2D eigenvalue weighted by molar-refractivity contribution is 7.13. The number of carbonyl (C=O) groups excluding carboxylic acids is 1. The number of nitrogens with zero attached hydrogens (tertiary/aromatic N) is 3. The third-order valence-electron chi connectivity index (χ3n) is 3.84. The lowest BCUT2D eigenvalue weighted by atomic mass is 10.2. The summed E-state index contributed by atoms with van der Waals surface area (Å²) in [4.78, 5) is 35.8. The van der Waals surface area contributed by atoms with E-state index in [2.05, 4.69) is 9.11 Å². The Balaban J connectivity index is 2.12. The Morgan fingerprint density at radius 3 is 2.61 bits per heavy atom. The molecule has 0 saturated carbocycles. The SMILES string of the molecule is COC(=O)COc1nsc2ccc(-n3c(=O)cc(C(F)(F)F)n(C)c3=O)cc12. The van der Waals surface area contributed by atoms with E-state index >= 15 is 0 Å². The fourth-order valence-electron chi connectivity index (χ4n) is 2.47. The van der Waals surface area contributed by atoms with E-state index < -0.39 is 35.7 Å². The van der Waals surface area contributed by atoms with Gasteiger partial charge in [0.1, 0.15) is 5.69 Å². The number of rotatable bonds is 4. The van der Waals surface area contributed by atoms with Crippen molar-refractivity contribution in [2.24, 2.45) is 7.05 Å². The zero-order chi connectivity index (χ0) is 20.6. The molecule has 0 fully saturated rings. The van der Waals surface area contributed by atoms with Gasteiger partial charge in [-0.1, -0.05) is 0 Å². The highest BCUT2D eigenvalue weighted by Gasteiger charge is 2.35. The largest absolute Gasteiger partial charge is 0.466 e. The smallest absolute Gasteiger partial charge is 0.431 e. The average molecular weight is 415 g/mol. The maximum atomic E-state index is 13.0. The van der Waals surface area contributed by atoms with Crippen molar-refractivity contribution in [3.05, 3.63) is 50.8 Å². The van der Waals surface area contributed by atoms with Gasteiger partial charge in [0.15, 0.2) is 6.61 Å². The molecule has 2 heterocycles. The van der Waals surface area contributed by atoms with Gasteiger partial charge in [-0.2, -0.15) is 17.5 Å². The number of halogens is 3. The molecular weight excluding hydrogens is 403 g/mol. The molecule has 0 saturated heterocycles. The molecule has 0 spiro atoms. The lowest BCUT2D eigenvalue weighted by Crippen LogP contribution is -2.40. The Morgan fingerprint density at radius 2 is 1.96 bits per heavy atom. The normalized spacial score (nSPS) is 11.6. The monoisotopic (exact) mass is 415 g/mol. The van der Waals surface area contributed by atoms with Crippen LogP contribution in [-0.2, 0) is 22.8 Å². The molecule has 3 aromatic rings. The van der Waals surface area contributed by atoms with Gasteiger partial charge in [0, 0.05) is 13.1 Å². The third kappa shape index (κ3) is 3.50. The fraction of sp³-hybridized carbons (Fsp3) is 0.250. The van der Waals surface area contributed by atoms with E-state index in [-0.39, 0.29) is 11.6 Å². The van der Waals surface area contributed by atoms with Crippen molar-refractivity contribution < 1.29 is 27.4 Å². The van der Waals surface area contributed by atoms with Gasteiger partial charge < -0.3 is 9.47 Å². The highest BCUT2D eigenvalue weighted by atomic mass is 32.1. The summed E-state index contributed by atoms with van der Waals surface area (Å²) in [6.45, 7) is -0.401. The quantitative estimate of drug-likeness (QED) is 0.603. The van der Waals surface area contributed by atoms with Crippen molar-refractivity contribution in [1.82, 2.24) is 13.5 Å². The molecular formula is C16H12F3N3O5S.